The van der Waals surface area contributed by atoms with Crippen molar-refractivity contribution in [2.45, 2.75) is 45.3 Å². The molecule has 0 aromatic carbocycles. The van der Waals surface area contributed by atoms with Crippen LogP contribution in [0.15, 0.2) is 4.52 Å². The molecule has 0 aliphatic rings. The summed E-state index contributed by atoms with van der Waals surface area (Å²) in [5, 5.41) is 3.99. The van der Waals surface area contributed by atoms with E-state index in [4.69, 9.17) is 19.7 Å². The molecule has 1 rings (SSSR count). The van der Waals surface area contributed by atoms with Gasteiger partial charge in [0.1, 0.15) is 5.60 Å². The van der Waals surface area contributed by atoms with E-state index in [1.54, 1.807) is 7.11 Å². The van der Waals surface area contributed by atoms with Gasteiger partial charge in [0, 0.05) is 20.3 Å². The highest BCUT2D eigenvalue weighted by Crippen LogP contribution is 2.26. The summed E-state index contributed by atoms with van der Waals surface area (Å²) in [5.74, 6) is 1.11. The molecule has 0 bridgehead atoms. The number of rotatable bonds is 8. The van der Waals surface area contributed by atoms with Gasteiger partial charge in [-0.3, -0.25) is 0 Å². The van der Waals surface area contributed by atoms with Gasteiger partial charge < -0.3 is 19.7 Å². The summed E-state index contributed by atoms with van der Waals surface area (Å²) in [6.45, 7) is 6.97. The number of ether oxygens (including phenoxy) is 2. The van der Waals surface area contributed by atoms with Crippen LogP contribution in [0.2, 0.25) is 0 Å². The third-order valence-corrected chi connectivity index (χ3v) is 3.08. The summed E-state index contributed by atoms with van der Waals surface area (Å²) in [7, 11) is 1.62. The molecule has 0 amide bonds. The lowest BCUT2D eigenvalue weighted by atomic mass is 10.0. The molecule has 2 unspecified atom stereocenters. The molecule has 0 radical (unpaired) electrons. The Morgan fingerprint density at radius 1 is 1.44 bits per heavy atom. The minimum Gasteiger partial charge on any atom is -0.380 e. The fourth-order valence-corrected chi connectivity index (χ4v) is 1.65. The molecule has 2 N–H and O–H groups in total. The number of methoxy groups -OCH3 is 1. The van der Waals surface area contributed by atoms with Gasteiger partial charge in [0.15, 0.2) is 0 Å². The molecule has 6 heteroatoms. The lowest BCUT2D eigenvalue weighted by Crippen LogP contribution is -2.27. The van der Waals surface area contributed by atoms with Gasteiger partial charge in [0.2, 0.25) is 11.7 Å². The average molecular weight is 257 g/mol. The van der Waals surface area contributed by atoms with Crippen LogP contribution in [-0.2, 0) is 21.5 Å². The fourth-order valence-electron chi connectivity index (χ4n) is 1.65. The molecule has 6 nitrogen and oxygen atoms in total. The Balaban J connectivity index is 2.78. The van der Waals surface area contributed by atoms with Crippen molar-refractivity contribution in [1.82, 2.24) is 10.1 Å². The van der Waals surface area contributed by atoms with E-state index in [-0.39, 0.29) is 6.10 Å². The topological polar surface area (TPSA) is 83.4 Å². The molecular weight excluding hydrogens is 234 g/mol. The Hall–Kier alpha value is -0.980. The Bertz CT molecular complexity index is 352. The molecule has 2 atom stereocenters. The highest BCUT2D eigenvalue weighted by molar-refractivity contribution is 4.99. The molecule has 104 valence electrons. The van der Waals surface area contributed by atoms with Crippen LogP contribution in [0.25, 0.3) is 0 Å². The van der Waals surface area contributed by atoms with Crippen LogP contribution in [0, 0.1) is 0 Å². The number of aromatic nitrogens is 2. The molecule has 18 heavy (non-hydrogen) atoms. The first-order valence-corrected chi connectivity index (χ1v) is 6.29. The van der Waals surface area contributed by atoms with Crippen LogP contribution in [-0.4, -0.2) is 36.5 Å². The lowest BCUT2D eigenvalue weighted by molar-refractivity contribution is -0.0403. The first kappa shape index (κ1) is 15.1. The average Bonchev–Trinajstić information content (AvgIpc) is 2.85. The van der Waals surface area contributed by atoms with Gasteiger partial charge in [-0.2, -0.15) is 4.98 Å². The molecular formula is C12H23N3O3. The monoisotopic (exact) mass is 257 g/mol. The summed E-state index contributed by atoms with van der Waals surface area (Å²) >= 11 is 0. The molecule has 0 fully saturated rings. The number of nitrogens with two attached hydrogens (primary N) is 1. The van der Waals surface area contributed by atoms with Gasteiger partial charge >= 0.3 is 0 Å². The van der Waals surface area contributed by atoms with Gasteiger partial charge in [-0.15, -0.1) is 0 Å². The predicted molar refractivity (Wildman–Crippen MR) is 67.1 cm³/mol. The second-order valence-corrected chi connectivity index (χ2v) is 4.33. The maximum atomic E-state index is 5.69. The SMILES string of the molecule is CCOC(C)(CC)c1noc(CC(CN)OC)n1. The molecule has 0 saturated carbocycles. The molecule has 1 heterocycles. The Morgan fingerprint density at radius 2 is 2.17 bits per heavy atom. The smallest absolute Gasteiger partial charge is 0.229 e. The second-order valence-electron chi connectivity index (χ2n) is 4.33. The van der Waals surface area contributed by atoms with E-state index in [1.165, 1.54) is 0 Å². The Morgan fingerprint density at radius 3 is 2.67 bits per heavy atom. The van der Waals surface area contributed by atoms with Crippen LogP contribution >= 0.6 is 0 Å². The van der Waals surface area contributed by atoms with E-state index >= 15 is 0 Å². The van der Waals surface area contributed by atoms with Crippen molar-refractivity contribution in [1.29, 1.82) is 0 Å². The molecule has 0 spiro atoms. The van der Waals surface area contributed by atoms with Gasteiger partial charge in [-0.1, -0.05) is 12.1 Å². The van der Waals surface area contributed by atoms with E-state index in [0.717, 1.165) is 6.42 Å². The third-order valence-electron chi connectivity index (χ3n) is 3.08. The lowest BCUT2D eigenvalue weighted by Gasteiger charge is -2.23. The summed E-state index contributed by atoms with van der Waals surface area (Å²) in [6, 6.07) is 0. The Labute approximate surface area is 108 Å². The Kier molecular flexibility index (Phi) is 5.71. The standard InChI is InChI=1S/C12H23N3O3/c1-5-12(3,17-6-2)11-14-10(18-15-11)7-9(8-13)16-4/h9H,5-8,13H2,1-4H3. The van der Waals surface area contributed by atoms with Crippen molar-refractivity contribution in [3.8, 4) is 0 Å². The zero-order valence-corrected chi connectivity index (χ0v) is 11.6. The zero-order chi connectivity index (χ0) is 13.6. The largest absolute Gasteiger partial charge is 0.380 e. The maximum absolute atomic E-state index is 5.69. The quantitative estimate of drug-likeness (QED) is 0.754. The van der Waals surface area contributed by atoms with Crippen LogP contribution in [0.3, 0.4) is 0 Å². The molecule has 0 aliphatic heterocycles. The van der Waals surface area contributed by atoms with Crippen LogP contribution in [0.1, 0.15) is 38.9 Å². The molecule has 0 aliphatic carbocycles. The normalized spacial score (nSPS) is 16.5. The van der Waals surface area contributed by atoms with Gasteiger partial charge in [-0.05, 0) is 20.3 Å². The number of hydrogen-bond acceptors (Lipinski definition) is 6. The van der Waals surface area contributed by atoms with Crippen LogP contribution < -0.4 is 5.73 Å². The number of nitrogens with zero attached hydrogens (tertiary/aromatic N) is 2. The van der Waals surface area contributed by atoms with Crippen molar-refractivity contribution >= 4 is 0 Å². The van der Waals surface area contributed by atoms with E-state index in [0.29, 0.717) is 31.3 Å². The van der Waals surface area contributed by atoms with Crippen molar-refractivity contribution in [2.24, 2.45) is 5.73 Å². The third kappa shape index (κ3) is 3.51. The van der Waals surface area contributed by atoms with Crippen molar-refractivity contribution in [2.75, 3.05) is 20.3 Å². The van der Waals surface area contributed by atoms with E-state index in [2.05, 4.69) is 10.1 Å². The van der Waals surface area contributed by atoms with Gasteiger partial charge in [0.05, 0.1) is 12.5 Å². The minimum absolute atomic E-state index is 0.0988. The van der Waals surface area contributed by atoms with E-state index < -0.39 is 5.60 Å². The first-order chi connectivity index (χ1) is 8.59. The van der Waals surface area contributed by atoms with Crippen molar-refractivity contribution in [3.05, 3.63) is 11.7 Å². The van der Waals surface area contributed by atoms with Crippen LogP contribution in [0.4, 0.5) is 0 Å². The van der Waals surface area contributed by atoms with Crippen molar-refractivity contribution < 1.29 is 14.0 Å². The maximum Gasteiger partial charge on any atom is 0.229 e. The molecule has 1 aromatic heterocycles. The summed E-state index contributed by atoms with van der Waals surface area (Å²) in [5.41, 5.74) is 5.06. The first-order valence-electron chi connectivity index (χ1n) is 6.29. The highest BCUT2D eigenvalue weighted by Gasteiger charge is 2.31. The van der Waals surface area contributed by atoms with Gasteiger partial charge in [-0.25, -0.2) is 0 Å². The fraction of sp³-hybridized carbons (Fsp3) is 0.833. The molecule has 1 aromatic rings. The molecule has 0 saturated heterocycles. The second kappa shape index (κ2) is 6.82. The van der Waals surface area contributed by atoms with E-state index in [1.807, 2.05) is 20.8 Å². The highest BCUT2D eigenvalue weighted by atomic mass is 16.5. The zero-order valence-electron chi connectivity index (χ0n) is 11.6. The minimum atomic E-state index is -0.498. The van der Waals surface area contributed by atoms with Crippen LogP contribution in [0.5, 0.6) is 0 Å². The summed E-state index contributed by atoms with van der Waals surface area (Å²) in [6.07, 6.45) is 1.20. The van der Waals surface area contributed by atoms with Gasteiger partial charge in [0.25, 0.3) is 0 Å². The summed E-state index contributed by atoms with van der Waals surface area (Å²) in [4.78, 5) is 4.37. The summed E-state index contributed by atoms with van der Waals surface area (Å²) < 4.78 is 16.1. The predicted octanol–water partition coefficient (Wildman–Crippen LogP) is 1.25. The number of hydrogen-bond donors (Lipinski definition) is 1. The van der Waals surface area contributed by atoms with Crippen molar-refractivity contribution in [3.63, 3.8) is 0 Å². The van der Waals surface area contributed by atoms with E-state index in [9.17, 15) is 0 Å².